The number of rotatable bonds is 4. The smallest absolute Gasteiger partial charge is 0.272 e. The highest BCUT2D eigenvalue weighted by molar-refractivity contribution is 7.14. The average Bonchev–Trinajstić information content (AvgIpc) is 3.05. The van der Waals surface area contributed by atoms with Crippen LogP contribution in [0.25, 0.3) is 11.3 Å². The average molecular weight is 408 g/mol. The molecule has 1 aromatic heterocycles. The van der Waals surface area contributed by atoms with Gasteiger partial charge >= 0.3 is 0 Å². The number of nitro benzene ring substituents is 1. The van der Waals surface area contributed by atoms with Crippen LogP contribution in [-0.4, -0.2) is 15.8 Å². The van der Waals surface area contributed by atoms with Gasteiger partial charge < -0.3 is 0 Å². The topological polar surface area (TPSA) is 85.1 Å². The summed E-state index contributed by atoms with van der Waals surface area (Å²) in [6, 6.07) is 9.65. The molecule has 26 heavy (non-hydrogen) atoms. The first-order valence-corrected chi connectivity index (χ1v) is 8.96. The quantitative estimate of drug-likeness (QED) is 0.451. The van der Waals surface area contributed by atoms with Crippen LogP contribution in [-0.2, 0) is 0 Å². The predicted octanol–water partition coefficient (Wildman–Crippen LogP) is 5.59. The van der Waals surface area contributed by atoms with Gasteiger partial charge in [0.15, 0.2) is 5.13 Å². The predicted molar refractivity (Wildman–Crippen MR) is 103 cm³/mol. The number of carbonyl (C=O) groups excluding carboxylic acids is 1. The molecule has 0 aliphatic carbocycles. The molecule has 0 spiro atoms. The van der Waals surface area contributed by atoms with E-state index in [2.05, 4.69) is 10.3 Å². The second kappa shape index (κ2) is 7.41. The highest BCUT2D eigenvalue weighted by atomic mass is 35.5. The van der Waals surface area contributed by atoms with Crippen molar-refractivity contribution in [2.45, 2.75) is 6.92 Å². The number of benzene rings is 2. The van der Waals surface area contributed by atoms with Crippen molar-refractivity contribution in [2.24, 2.45) is 0 Å². The molecule has 3 aromatic rings. The van der Waals surface area contributed by atoms with Gasteiger partial charge in [0.05, 0.1) is 26.2 Å². The number of anilines is 1. The van der Waals surface area contributed by atoms with Crippen molar-refractivity contribution in [3.05, 3.63) is 73.1 Å². The summed E-state index contributed by atoms with van der Waals surface area (Å²) >= 11 is 13.2. The number of carbonyl (C=O) groups is 1. The molecule has 0 bridgehead atoms. The summed E-state index contributed by atoms with van der Waals surface area (Å²) in [4.78, 5) is 27.3. The van der Waals surface area contributed by atoms with Crippen LogP contribution < -0.4 is 5.32 Å². The number of amides is 1. The van der Waals surface area contributed by atoms with Crippen LogP contribution in [0.2, 0.25) is 10.0 Å². The summed E-state index contributed by atoms with van der Waals surface area (Å²) < 4.78 is 0. The van der Waals surface area contributed by atoms with E-state index < -0.39 is 10.8 Å². The number of hydrogen-bond donors (Lipinski definition) is 1. The van der Waals surface area contributed by atoms with Crippen molar-refractivity contribution >= 4 is 51.3 Å². The van der Waals surface area contributed by atoms with Crippen LogP contribution in [0.4, 0.5) is 10.8 Å². The monoisotopic (exact) mass is 407 g/mol. The van der Waals surface area contributed by atoms with Gasteiger partial charge in [-0.3, -0.25) is 20.2 Å². The molecule has 0 atom stereocenters. The normalized spacial score (nSPS) is 10.6. The molecule has 1 heterocycles. The third kappa shape index (κ3) is 3.70. The second-order valence-electron chi connectivity index (χ2n) is 5.35. The van der Waals surface area contributed by atoms with Gasteiger partial charge in [0.1, 0.15) is 0 Å². The summed E-state index contributed by atoms with van der Waals surface area (Å²) in [5, 5.41) is 16.2. The maximum Gasteiger partial charge on any atom is 0.272 e. The Balaban J connectivity index is 1.84. The summed E-state index contributed by atoms with van der Waals surface area (Å²) in [5.41, 5.74) is 1.96. The number of thiazole rings is 1. The van der Waals surface area contributed by atoms with Gasteiger partial charge in [0.25, 0.3) is 11.6 Å². The zero-order valence-electron chi connectivity index (χ0n) is 13.3. The highest BCUT2D eigenvalue weighted by Gasteiger charge is 2.16. The first-order valence-electron chi connectivity index (χ1n) is 7.33. The first-order chi connectivity index (χ1) is 12.4. The number of halogens is 2. The van der Waals surface area contributed by atoms with Crippen molar-refractivity contribution in [1.29, 1.82) is 0 Å². The van der Waals surface area contributed by atoms with Gasteiger partial charge in [-0.25, -0.2) is 4.98 Å². The molecular formula is C17H11Cl2N3O3S. The minimum atomic E-state index is -0.437. The Morgan fingerprint density at radius 1 is 1.27 bits per heavy atom. The summed E-state index contributed by atoms with van der Waals surface area (Å²) in [6.07, 6.45) is 0. The maximum atomic E-state index is 12.3. The summed E-state index contributed by atoms with van der Waals surface area (Å²) in [5.74, 6) is -0.437. The molecule has 132 valence electrons. The SMILES string of the molecule is Cc1ccc(-c2csc(NC(=O)c3cccc(Cl)c3Cl)n2)cc1[N+](=O)[O-]. The van der Waals surface area contributed by atoms with E-state index in [1.54, 1.807) is 42.6 Å². The van der Waals surface area contributed by atoms with Gasteiger partial charge in [0.2, 0.25) is 0 Å². The molecule has 0 aliphatic rings. The van der Waals surface area contributed by atoms with Crippen molar-refractivity contribution in [3.8, 4) is 11.3 Å². The zero-order valence-corrected chi connectivity index (χ0v) is 15.7. The lowest BCUT2D eigenvalue weighted by molar-refractivity contribution is -0.385. The van der Waals surface area contributed by atoms with E-state index in [1.807, 2.05) is 0 Å². The van der Waals surface area contributed by atoms with E-state index in [1.165, 1.54) is 17.4 Å². The lowest BCUT2D eigenvalue weighted by atomic mass is 10.1. The van der Waals surface area contributed by atoms with Crippen molar-refractivity contribution in [2.75, 3.05) is 5.32 Å². The van der Waals surface area contributed by atoms with Crippen molar-refractivity contribution < 1.29 is 9.72 Å². The summed E-state index contributed by atoms with van der Waals surface area (Å²) in [7, 11) is 0. The molecule has 6 nitrogen and oxygen atoms in total. The van der Waals surface area contributed by atoms with Crippen LogP contribution in [0.1, 0.15) is 15.9 Å². The number of nitrogens with zero attached hydrogens (tertiary/aromatic N) is 2. The zero-order chi connectivity index (χ0) is 18.8. The van der Waals surface area contributed by atoms with Crippen LogP contribution in [0, 0.1) is 17.0 Å². The molecule has 1 N–H and O–H groups in total. The van der Waals surface area contributed by atoms with Gasteiger partial charge in [-0.05, 0) is 19.1 Å². The minimum absolute atomic E-state index is 0.0202. The highest BCUT2D eigenvalue weighted by Crippen LogP contribution is 2.30. The van der Waals surface area contributed by atoms with Crippen molar-refractivity contribution in [1.82, 2.24) is 4.98 Å². The Labute approximate surface area is 162 Å². The molecule has 2 aromatic carbocycles. The summed E-state index contributed by atoms with van der Waals surface area (Å²) in [6.45, 7) is 1.67. The van der Waals surface area contributed by atoms with Crippen LogP contribution in [0.15, 0.2) is 41.8 Å². The Morgan fingerprint density at radius 2 is 2.04 bits per heavy atom. The molecule has 1 amide bonds. The Morgan fingerprint density at radius 3 is 2.77 bits per heavy atom. The Kier molecular flexibility index (Phi) is 5.22. The molecular weight excluding hydrogens is 397 g/mol. The fraction of sp³-hybridized carbons (Fsp3) is 0.0588. The lowest BCUT2D eigenvalue weighted by Gasteiger charge is -2.05. The largest absolute Gasteiger partial charge is 0.298 e. The van der Waals surface area contributed by atoms with Gasteiger partial charge in [-0.1, -0.05) is 41.4 Å². The fourth-order valence-electron chi connectivity index (χ4n) is 2.27. The molecule has 9 heteroatoms. The van der Waals surface area contributed by atoms with Crippen LogP contribution in [0.3, 0.4) is 0 Å². The molecule has 3 rings (SSSR count). The lowest BCUT2D eigenvalue weighted by Crippen LogP contribution is -2.12. The van der Waals surface area contributed by atoms with E-state index >= 15 is 0 Å². The number of aryl methyl sites for hydroxylation is 1. The molecule has 0 saturated heterocycles. The third-order valence-corrected chi connectivity index (χ3v) is 5.20. The number of hydrogen-bond acceptors (Lipinski definition) is 5. The number of nitrogens with one attached hydrogen (secondary N) is 1. The fourth-order valence-corrected chi connectivity index (χ4v) is 3.37. The van der Waals surface area contributed by atoms with Gasteiger partial charge in [-0.15, -0.1) is 11.3 Å². The van der Waals surface area contributed by atoms with Gasteiger partial charge in [0, 0.05) is 22.6 Å². The molecule has 0 fully saturated rings. The van der Waals surface area contributed by atoms with E-state index in [4.69, 9.17) is 23.2 Å². The third-order valence-electron chi connectivity index (χ3n) is 3.62. The molecule has 0 saturated carbocycles. The Bertz CT molecular complexity index is 1020. The van der Waals surface area contributed by atoms with E-state index in [9.17, 15) is 14.9 Å². The maximum absolute atomic E-state index is 12.3. The molecule has 0 unspecified atom stereocenters. The number of nitro groups is 1. The minimum Gasteiger partial charge on any atom is -0.298 e. The van der Waals surface area contributed by atoms with E-state index in [-0.39, 0.29) is 21.3 Å². The van der Waals surface area contributed by atoms with Crippen LogP contribution in [0.5, 0.6) is 0 Å². The van der Waals surface area contributed by atoms with E-state index in [0.717, 1.165) is 0 Å². The Hall–Kier alpha value is -2.48. The van der Waals surface area contributed by atoms with Crippen LogP contribution >= 0.6 is 34.5 Å². The molecule has 0 radical (unpaired) electrons. The number of aromatic nitrogens is 1. The van der Waals surface area contributed by atoms with Crippen molar-refractivity contribution in [3.63, 3.8) is 0 Å². The van der Waals surface area contributed by atoms with Gasteiger partial charge in [-0.2, -0.15) is 0 Å². The first kappa shape index (κ1) is 18.3. The molecule has 0 aliphatic heterocycles. The van der Waals surface area contributed by atoms with E-state index in [0.29, 0.717) is 22.0 Å². The standard InChI is InChI=1S/C17H11Cl2N3O3S/c1-9-5-6-10(7-14(9)22(24)25)13-8-26-17(20-13)21-16(23)11-3-2-4-12(18)15(11)19/h2-8H,1H3,(H,20,21,23). The second-order valence-corrected chi connectivity index (χ2v) is 7.00.